The Morgan fingerprint density at radius 1 is 1.75 bits per heavy atom. The van der Waals surface area contributed by atoms with Crippen LogP contribution >= 0.6 is 0 Å². The summed E-state index contributed by atoms with van der Waals surface area (Å²) in [7, 11) is 0. The molecule has 2 fully saturated rings. The first-order chi connectivity index (χ1) is 5.90. The average Bonchev–Trinajstić information content (AvgIpc) is 2.65. The standard InChI is InChI=1S/C8H11N3O/c9-2-4-12-10-8-6-11-3-1-7(8)5-11/h7H,1,3-6H2/b10-8-/t7-/m1/s1. The fourth-order valence-corrected chi connectivity index (χ4v) is 1.85. The maximum atomic E-state index is 8.22. The SMILES string of the molecule is N#CCO/N=C1/CN2CC[C@@H]1C2. The van der Waals surface area contributed by atoms with Crippen molar-refractivity contribution in [3.8, 4) is 6.07 Å². The molecule has 2 aliphatic heterocycles. The van der Waals surface area contributed by atoms with E-state index in [-0.39, 0.29) is 6.61 Å². The Labute approximate surface area is 71.4 Å². The number of oxime groups is 1. The van der Waals surface area contributed by atoms with Crippen molar-refractivity contribution in [2.24, 2.45) is 11.1 Å². The molecular formula is C8H11N3O. The Balaban J connectivity index is 1.90. The van der Waals surface area contributed by atoms with Gasteiger partial charge in [-0.25, -0.2) is 0 Å². The molecule has 2 aliphatic rings. The second-order valence-electron chi connectivity index (χ2n) is 3.23. The maximum absolute atomic E-state index is 8.22. The molecule has 4 nitrogen and oxygen atoms in total. The molecule has 2 atom stereocenters. The van der Waals surface area contributed by atoms with Crippen LogP contribution in [0.3, 0.4) is 0 Å². The fraction of sp³-hybridized carbons (Fsp3) is 0.750. The molecule has 4 heteroatoms. The van der Waals surface area contributed by atoms with Gasteiger partial charge in [0.25, 0.3) is 0 Å². The number of piperidine rings is 1. The van der Waals surface area contributed by atoms with E-state index < -0.39 is 0 Å². The Bertz CT molecular complexity index is 243. The van der Waals surface area contributed by atoms with Gasteiger partial charge < -0.3 is 4.84 Å². The zero-order chi connectivity index (χ0) is 8.39. The predicted molar refractivity (Wildman–Crippen MR) is 43.5 cm³/mol. The third-order valence-corrected chi connectivity index (χ3v) is 2.44. The Hall–Kier alpha value is -1.08. The van der Waals surface area contributed by atoms with Crippen molar-refractivity contribution in [2.45, 2.75) is 6.42 Å². The number of nitriles is 1. The third-order valence-electron chi connectivity index (χ3n) is 2.44. The van der Waals surface area contributed by atoms with Crippen molar-refractivity contribution < 1.29 is 4.84 Å². The lowest BCUT2D eigenvalue weighted by Gasteiger charge is -2.12. The number of rotatable bonds is 2. The van der Waals surface area contributed by atoms with E-state index in [0.717, 1.165) is 18.8 Å². The highest BCUT2D eigenvalue weighted by Crippen LogP contribution is 2.25. The van der Waals surface area contributed by atoms with E-state index in [1.54, 1.807) is 0 Å². The molecule has 12 heavy (non-hydrogen) atoms. The minimum absolute atomic E-state index is 0.0657. The van der Waals surface area contributed by atoms with Crippen molar-refractivity contribution in [1.82, 2.24) is 4.90 Å². The minimum Gasteiger partial charge on any atom is -0.380 e. The topological polar surface area (TPSA) is 48.6 Å². The smallest absolute Gasteiger partial charge is 0.202 e. The molecule has 0 aromatic carbocycles. The molecule has 1 unspecified atom stereocenters. The number of hydrogen-bond donors (Lipinski definition) is 0. The quantitative estimate of drug-likeness (QED) is 0.434. The third kappa shape index (κ3) is 1.28. The van der Waals surface area contributed by atoms with Gasteiger partial charge in [-0.05, 0) is 13.0 Å². The summed E-state index contributed by atoms with van der Waals surface area (Å²) in [4.78, 5) is 7.18. The monoisotopic (exact) mass is 165 g/mol. The van der Waals surface area contributed by atoms with Gasteiger partial charge in [0.05, 0.1) is 5.71 Å². The first-order valence-electron chi connectivity index (χ1n) is 4.18. The molecule has 0 aromatic heterocycles. The molecule has 2 rings (SSSR count). The summed E-state index contributed by atoms with van der Waals surface area (Å²) in [6.07, 6.45) is 1.20. The largest absolute Gasteiger partial charge is 0.380 e. The molecule has 0 amide bonds. The van der Waals surface area contributed by atoms with Gasteiger partial charge in [0.1, 0.15) is 6.07 Å². The van der Waals surface area contributed by atoms with Crippen molar-refractivity contribution in [3.63, 3.8) is 0 Å². The lowest BCUT2D eigenvalue weighted by atomic mass is 10.0. The second-order valence-corrected chi connectivity index (χ2v) is 3.23. The fourth-order valence-electron chi connectivity index (χ4n) is 1.85. The van der Waals surface area contributed by atoms with Crippen molar-refractivity contribution in [2.75, 3.05) is 26.2 Å². The van der Waals surface area contributed by atoms with E-state index in [1.165, 1.54) is 13.0 Å². The Kier molecular flexibility index (Phi) is 1.96. The summed E-state index contributed by atoms with van der Waals surface area (Å²) in [5.41, 5.74) is 1.12. The molecule has 0 aliphatic carbocycles. The first kappa shape index (κ1) is 7.56. The summed E-state index contributed by atoms with van der Waals surface area (Å²) < 4.78 is 0. The number of fused-ring (bicyclic) bond motifs is 2. The van der Waals surface area contributed by atoms with Crippen LogP contribution in [0, 0.1) is 17.2 Å². The van der Waals surface area contributed by atoms with Crippen LogP contribution in [-0.4, -0.2) is 36.9 Å². The van der Waals surface area contributed by atoms with E-state index >= 15 is 0 Å². The lowest BCUT2D eigenvalue weighted by Crippen LogP contribution is -2.23. The van der Waals surface area contributed by atoms with E-state index in [1.807, 2.05) is 6.07 Å². The summed E-state index contributed by atoms with van der Waals surface area (Å²) in [5.74, 6) is 0.601. The molecular weight excluding hydrogens is 154 g/mol. The molecule has 0 aromatic rings. The average molecular weight is 165 g/mol. The molecule has 64 valence electrons. The number of nitrogens with zero attached hydrogens (tertiary/aromatic N) is 3. The summed E-state index contributed by atoms with van der Waals surface area (Å²) >= 11 is 0. The van der Waals surface area contributed by atoms with E-state index in [2.05, 4.69) is 10.1 Å². The van der Waals surface area contributed by atoms with Crippen LogP contribution in [-0.2, 0) is 4.84 Å². The van der Waals surface area contributed by atoms with Crippen molar-refractivity contribution >= 4 is 5.71 Å². The van der Waals surface area contributed by atoms with Crippen molar-refractivity contribution in [1.29, 1.82) is 5.26 Å². The van der Waals surface area contributed by atoms with Gasteiger partial charge in [-0.15, -0.1) is 0 Å². The van der Waals surface area contributed by atoms with E-state index in [4.69, 9.17) is 10.1 Å². The molecule has 0 saturated carbocycles. The maximum Gasteiger partial charge on any atom is 0.202 e. The summed E-state index contributed by atoms with van der Waals surface area (Å²) in [5, 5.41) is 12.2. The highest BCUT2D eigenvalue weighted by Gasteiger charge is 2.35. The zero-order valence-corrected chi connectivity index (χ0v) is 6.86. The Morgan fingerprint density at radius 3 is 3.25 bits per heavy atom. The van der Waals surface area contributed by atoms with Crippen LogP contribution in [0.4, 0.5) is 0 Å². The summed E-state index contributed by atoms with van der Waals surface area (Å²) in [6, 6.07) is 1.89. The molecule has 0 spiro atoms. The van der Waals surface area contributed by atoms with Gasteiger partial charge in [-0.2, -0.15) is 5.26 Å². The highest BCUT2D eigenvalue weighted by atomic mass is 16.6. The van der Waals surface area contributed by atoms with Gasteiger partial charge >= 0.3 is 0 Å². The molecule has 2 bridgehead atoms. The van der Waals surface area contributed by atoms with Crippen LogP contribution in [0.5, 0.6) is 0 Å². The highest BCUT2D eigenvalue weighted by molar-refractivity contribution is 5.91. The molecule has 0 N–H and O–H groups in total. The second kappa shape index (κ2) is 3.11. The predicted octanol–water partition coefficient (Wildman–Crippen LogP) is 0.218. The first-order valence-corrected chi connectivity index (χ1v) is 4.18. The van der Waals surface area contributed by atoms with Crippen LogP contribution < -0.4 is 0 Å². The minimum atomic E-state index is 0.0657. The van der Waals surface area contributed by atoms with Gasteiger partial charge in [0.15, 0.2) is 0 Å². The van der Waals surface area contributed by atoms with Gasteiger partial charge in [0.2, 0.25) is 6.61 Å². The van der Waals surface area contributed by atoms with Crippen LogP contribution in [0.15, 0.2) is 5.16 Å². The van der Waals surface area contributed by atoms with E-state index in [9.17, 15) is 0 Å². The van der Waals surface area contributed by atoms with Gasteiger partial charge in [0, 0.05) is 19.0 Å². The van der Waals surface area contributed by atoms with Gasteiger partial charge in [-0.3, -0.25) is 4.90 Å². The van der Waals surface area contributed by atoms with Crippen LogP contribution in [0.2, 0.25) is 0 Å². The van der Waals surface area contributed by atoms with E-state index in [0.29, 0.717) is 5.92 Å². The zero-order valence-electron chi connectivity index (χ0n) is 6.86. The normalized spacial score (nSPS) is 35.4. The number of hydrogen-bond acceptors (Lipinski definition) is 4. The van der Waals surface area contributed by atoms with Gasteiger partial charge in [-0.1, -0.05) is 5.16 Å². The molecule has 2 saturated heterocycles. The molecule has 2 heterocycles. The van der Waals surface area contributed by atoms with Crippen molar-refractivity contribution in [3.05, 3.63) is 0 Å². The molecule has 0 radical (unpaired) electrons. The lowest BCUT2D eigenvalue weighted by molar-refractivity contribution is 0.176. The summed E-state index contributed by atoms with van der Waals surface area (Å²) in [6.45, 7) is 3.34. The van der Waals surface area contributed by atoms with Crippen LogP contribution in [0.1, 0.15) is 6.42 Å². The Morgan fingerprint density at radius 2 is 2.67 bits per heavy atom. The van der Waals surface area contributed by atoms with Crippen LogP contribution in [0.25, 0.3) is 0 Å².